The molecule has 0 aromatic heterocycles. The maximum Gasteiger partial charge on any atom is 0.106 e. The van der Waals surface area contributed by atoms with Crippen molar-refractivity contribution in [3.63, 3.8) is 0 Å². The van der Waals surface area contributed by atoms with E-state index in [4.69, 9.17) is 4.18 Å². The molecule has 0 saturated heterocycles. The Bertz CT molecular complexity index is 341. The van der Waals surface area contributed by atoms with Gasteiger partial charge in [-0.25, -0.2) is 0 Å². The van der Waals surface area contributed by atoms with Crippen LogP contribution in [0.25, 0.3) is 0 Å². The molecule has 0 aliphatic carbocycles. The third-order valence-corrected chi connectivity index (χ3v) is 3.81. The molecule has 0 bridgehead atoms. The van der Waals surface area contributed by atoms with Crippen molar-refractivity contribution in [2.75, 3.05) is 0 Å². The topological polar surface area (TPSA) is 29.5 Å². The van der Waals surface area contributed by atoms with E-state index in [1.807, 2.05) is 38.1 Å². The fourth-order valence-electron chi connectivity index (χ4n) is 0.848. The van der Waals surface area contributed by atoms with Crippen molar-refractivity contribution < 1.29 is 9.29 Å². The maximum atomic E-state index is 9.93. The third kappa shape index (κ3) is 4.74. The van der Waals surface area contributed by atoms with Crippen LogP contribution < -0.4 is 0 Å². The van der Waals surface area contributed by atoms with E-state index in [9.17, 15) is 5.11 Å². The van der Waals surface area contributed by atoms with Crippen LogP contribution in [0.3, 0.4) is 0 Å². The summed E-state index contributed by atoms with van der Waals surface area (Å²) in [4.78, 5) is 1.04. The molecule has 0 atom stereocenters. The molecule has 3 radical (unpaired) electrons. The minimum atomic E-state index is -0.870. The summed E-state index contributed by atoms with van der Waals surface area (Å²) in [6, 6.07) is 8.12. The molecule has 0 unspecified atom stereocenters. The summed E-state index contributed by atoms with van der Waals surface area (Å²) < 4.78 is 5.69. The quantitative estimate of drug-likeness (QED) is 0.658. The Morgan fingerprint density at radius 1 is 1.06 bits per heavy atom. The summed E-state index contributed by atoms with van der Waals surface area (Å²) in [6.07, 6.45) is 0. The summed E-state index contributed by atoms with van der Waals surface area (Å²) in [7, 11) is 0. The van der Waals surface area contributed by atoms with Crippen LogP contribution in [0.1, 0.15) is 33.3 Å². The Kier molecular flexibility index (Phi) is 5.78. The van der Waals surface area contributed by atoms with Crippen LogP contribution in [-0.2, 0) is 4.18 Å². The molecule has 0 heterocycles. The number of aryl methyl sites for hydroxylation is 1. The van der Waals surface area contributed by atoms with Gasteiger partial charge in [0.2, 0.25) is 0 Å². The molecule has 2 nitrogen and oxygen atoms in total. The van der Waals surface area contributed by atoms with Crippen LogP contribution >= 0.6 is 12.0 Å². The molecule has 1 N–H and O–H groups in total. The lowest BCUT2D eigenvalue weighted by atomic mass is 9.90. The van der Waals surface area contributed by atoms with Crippen LogP contribution in [0.15, 0.2) is 29.2 Å². The zero-order chi connectivity index (χ0) is 12.4. The molecule has 1 aromatic rings. The molecule has 0 aliphatic rings. The van der Waals surface area contributed by atoms with E-state index < -0.39 is 11.2 Å². The van der Waals surface area contributed by atoms with E-state index in [0.29, 0.717) is 0 Å². The van der Waals surface area contributed by atoms with Gasteiger partial charge in [-0.05, 0) is 46.8 Å². The van der Waals surface area contributed by atoms with Gasteiger partial charge in [-0.15, -0.1) is 0 Å². The van der Waals surface area contributed by atoms with Gasteiger partial charge in [0, 0.05) is 25.4 Å². The van der Waals surface area contributed by atoms with E-state index >= 15 is 0 Å². The van der Waals surface area contributed by atoms with Crippen molar-refractivity contribution in [3.8, 4) is 0 Å². The number of hydrogen-bond acceptors (Lipinski definition) is 3. The van der Waals surface area contributed by atoms with Crippen LogP contribution in [0.2, 0.25) is 0 Å². The minimum Gasteiger partial charge on any atom is -0.387 e. The van der Waals surface area contributed by atoms with E-state index in [0.717, 1.165) is 4.90 Å². The van der Waals surface area contributed by atoms with Crippen LogP contribution in [0.5, 0.6) is 0 Å². The zero-order valence-corrected chi connectivity index (χ0v) is 12.0. The fourth-order valence-corrected chi connectivity index (χ4v) is 1.60. The highest BCUT2D eigenvalue weighted by molar-refractivity contribution is 7.94. The Morgan fingerprint density at radius 2 is 1.53 bits per heavy atom. The van der Waals surface area contributed by atoms with Crippen molar-refractivity contribution >= 4 is 20.5 Å². The second kappa shape index (κ2) is 5.94. The van der Waals surface area contributed by atoms with Crippen molar-refractivity contribution in [3.05, 3.63) is 29.8 Å². The average Bonchev–Trinajstić information content (AvgIpc) is 2.15. The summed E-state index contributed by atoms with van der Waals surface area (Å²) in [5.41, 5.74) is -0.237. The van der Waals surface area contributed by atoms with E-state index in [2.05, 4.69) is 6.92 Å². The lowest BCUT2D eigenvalue weighted by Gasteiger charge is -2.35. The average molecular weight is 251 g/mol. The molecule has 93 valence electrons. The lowest BCUT2D eigenvalue weighted by molar-refractivity contribution is -0.0813. The van der Waals surface area contributed by atoms with Crippen molar-refractivity contribution in [1.82, 2.24) is 0 Å². The van der Waals surface area contributed by atoms with E-state index in [-0.39, 0.29) is 8.41 Å². The van der Waals surface area contributed by atoms with Crippen LogP contribution in [0.4, 0.5) is 0 Å². The lowest BCUT2D eigenvalue weighted by Crippen LogP contribution is -2.45. The van der Waals surface area contributed by atoms with Gasteiger partial charge in [-0.1, -0.05) is 17.7 Å². The van der Waals surface area contributed by atoms with Gasteiger partial charge >= 0.3 is 0 Å². The molecule has 0 aliphatic heterocycles. The van der Waals surface area contributed by atoms with Crippen molar-refractivity contribution in [1.29, 1.82) is 0 Å². The Hall–Kier alpha value is -0.445. The zero-order valence-electron chi connectivity index (χ0n) is 11.2. The summed E-state index contributed by atoms with van der Waals surface area (Å²) in [6.45, 7) is 9.32. The van der Waals surface area contributed by atoms with Crippen molar-refractivity contribution in [2.24, 2.45) is 0 Å². The SMILES string of the molecule is Cc1ccc(SOC(C)(C)C(C)(C)O)cc1.[B]. The molecule has 0 fully saturated rings. The Morgan fingerprint density at radius 3 is 1.94 bits per heavy atom. The molecule has 1 rings (SSSR count). The van der Waals surface area contributed by atoms with Gasteiger partial charge in [0.15, 0.2) is 0 Å². The molecule has 0 amide bonds. The standard InChI is InChI=1S/C13H20O2S.B/c1-10-6-8-11(9-7-10)16-15-13(4,5)12(2,3)14;/h6-9,14H,1-5H3;. The Labute approximate surface area is 111 Å². The molecular formula is C13H20BO2S. The second-order valence-corrected chi connectivity index (χ2v) is 5.85. The van der Waals surface area contributed by atoms with Gasteiger partial charge in [0.25, 0.3) is 0 Å². The molecule has 17 heavy (non-hydrogen) atoms. The van der Waals surface area contributed by atoms with E-state index in [1.54, 1.807) is 13.8 Å². The first-order chi connectivity index (χ1) is 7.22. The molecule has 0 saturated carbocycles. The first kappa shape index (κ1) is 16.6. The number of rotatable bonds is 4. The molecule has 1 aromatic carbocycles. The minimum absolute atomic E-state index is 0. The summed E-state index contributed by atoms with van der Waals surface area (Å²) >= 11 is 1.30. The molecule has 4 heteroatoms. The van der Waals surface area contributed by atoms with Gasteiger partial charge < -0.3 is 9.29 Å². The highest BCUT2D eigenvalue weighted by Crippen LogP contribution is 2.32. The normalized spacial score (nSPS) is 12.1. The van der Waals surface area contributed by atoms with Gasteiger partial charge in [0.1, 0.15) is 5.60 Å². The van der Waals surface area contributed by atoms with Crippen LogP contribution in [-0.4, -0.2) is 24.7 Å². The van der Waals surface area contributed by atoms with Gasteiger partial charge in [-0.3, -0.25) is 0 Å². The predicted octanol–water partition coefficient (Wildman–Crippen LogP) is 3.19. The fraction of sp³-hybridized carbons (Fsp3) is 0.538. The summed E-state index contributed by atoms with van der Waals surface area (Å²) in [5.74, 6) is 0. The van der Waals surface area contributed by atoms with Crippen LogP contribution in [0, 0.1) is 6.92 Å². The van der Waals surface area contributed by atoms with Gasteiger partial charge in [0.05, 0.1) is 5.60 Å². The summed E-state index contributed by atoms with van der Waals surface area (Å²) in [5, 5.41) is 9.93. The highest BCUT2D eigenvalue weighted by atomic mass is 32.2. The maximum absolute atomic E-state index is 9.93. The number of benzene rings is 1. The first-order valence-corrected chi connectivity index (χ1v) is 6.11. The second-order valence-electron chi connectivity index (χ2n) is 5.05. The number of aliphatic hydroxyl groups is 1. The van der Waals surface area contributed by atoms with E-state index in [1.165, 1.54) is 17.6 Å². The smallest absolute Gasteiger partial charge is 0.106 e. The Balaban J connectivity index is 0.00000256. The third-order valence-electron chi connectivity index (χ3n) is 2.84. The number of hydrogen-bond donors (Lipinski definition) is 1. The predicted molar refractivity (Wildman–Crippen MR) is 74.3 cm³/mol. The monoisotopic (exact) mass is 251 g/mol. The van der Waals surface area contributed by atoms with Gasteiger partial charge in [-0.2, -0.15) is 0 Å². The molecular weight excluding hydrogens is 231 g/mol. The first-order valence-electron chi connectivity index (χ1n) is 5.37. The highest BCUT2D eigenvalue weighted by Gasteiger charge is 2.36. The largest absolute Gasteiger partial charge is 0.387 e. The molecule has 0 spiro atoms. The van der Waals surface area contributed by atoms with Crippen molar-refractivity contribution in [2.45, 2.75) is 50.7 Å².